The number of thiazole rings is 1. The van der Waals surface area contributed by atoms with Gasteiger partial charge in [-0.05, 0) is 32.0 Å². The van der Waals surface area contributed by atoms with Gasteiger partial charge in [0.1, 0.15) is 18.1 Å². The minimum Gasteiger partial charge on any atom is -0.488 e. The van der Waals surface area contributed by atoms with E-state index in [2.05, 4.69) is 20.7 Å². The van der Waals surface area contributed by atoms with Crippen molar-refractivity contribution in [3.63, 3.8) is 0 Å². The summed E-state index contributed by atoms with van der Waals surface area (Å²) in [5, 5.41) is 10.1. The number of hydrogen-bond acceptors (Lipinski definition) is 8. The molecule has 1 aromatic carbocycles. The van der Waals surface area contributed by atoms with Crippen molar-refractivity contribution in [3.05, 3.63) is 40.0 Å². The highest BCUT2D eigenvalue weighted by atomic mass is 32.1. The molecule has 1 fully saturated rings. The van der Waals surface area contributed by atoms with Crippen molar-refractivity contribution in [1.29, 1.82) is 0 Å². The highest BCUT2D eigenvalue weighted by Crippen LogP contribution is 2.26. The van der Waals surface area contributed by atoms with E-state index in [1.165, 1.54) is 16.0 Å². The smallest absolute Gasteiger partial charge is 0.341 e. The minimum absolute atomic E-state index is 0.0955. The predicted molar refractivity (Wildman–Crippen MR) is 116 cm³/mol. The number of benzene rings is 1. The molecule has 0 bridgehead atoms. The highest BCUT2D eigenvalue weighted by molar-refractivity contribution is 7.09. The van der Waals surface area contributed by atoms with E-state index in [9.17, 15) is 14.4 Å². The van der Waals surface area contributed by atoms with Crippen molar-refractivity contribution in [3.8, 4) is 5.75 Å². The highest BCUT2D eigenvalue weighted by Gasteiger charge is 2.52. The number of nitrogens with one attached hydrogen (secondary N) is 2. The van der Waals surface area contributed by atoms with Crippen molar-refractivity contribution >= 4 is 40.0 Å². The van der Waals surface area contributed by atoms with E-state index in [-0.39, 0.29) is 25.3 Å². The van der Waals surface area contributed by atoms with E-state index in [0.29, 0.717) is 23.3 Å². The van der Waals surface area contributed by atoms with Gasteiger partial charge < -0.3 is 20.1 Å². The Kier molecular flexibility index (Phi) is 5.83. The van der Waals surface area contributed by atoms with Crippen LogP contribution in [0.2, 0.25) is 0 Å². The maximum absolute atomic E-state index is 13.2. The average Bonchev–Trinajstić information content (AvgIpc) is 3.43. The fourth-order valence-corrected chi connectivity index (χ4v) is 4.34. The summed E-state index contributed by atoms with van der Waals surface area (Å²) < 4.78 is 12.4. The standard InChI is InChI=1S/C21H23N5O5S/c1-4-30-20(29)21(7-8-22-19(21)28)24-18(27)17-14-9-13(5-6-15(14)25-26(17)3)31-10-16-12(2)23-11-32-16/h5-6,9,11H,4,7-8,10H2,1-3H3,(H,22,28)(H,24,27). The first-order chi connectivity index (χ1) is 15.4. The van der Waals surface area contributed by atoms with E-state index < -0.39 is 23.3 Å². The lowest BCUT2D eigenvalue weighted by Gasteiger charge is -2.25. The SMILES string of the molecule is CCOC(=O)C1(NC(=O)c2c3cc(OCc4scnc4C)ccc3nn2C)CCNC1=O. The monoisotopic (exact) mass is 457 g/mol. The summed E-state index contributed by atoms with van der Waals surface area (Å²) in [6.45, 7) is 4.28. The molecule has 1 aliphatic heterocycles. The van der Waals surface area contributed by atoms with Crippen LogP contribution < -0.4 is 15.4 Å². The Balaban J connectivity index is 1.63. The van der Waals surface area contributed by atoms with Crippen LogP contribution in [0.1, 0.15) is 34.4 Å². The number of ether oxygens (including phenoxy) is 2. The first-order valence-corrected chi connectivity index (χ1v) is 11.0. The molecule has 32 heavy (non-hydrogen) atoms. The van der Waals surface area contributed by atoms with Gasteiger partial charge in [0.05, 0.1) is 28.2 Å². The lowest BCUT2D eigenvalue weighted by Crippen LogP contribution is -2.60. The number of carbonyl (C=O) groups is 3. The Bertz CT molecular complexity index is 1200. The van der Waals surface area contributed by atoms with E-state index in [4.69, 9.17) is 9.47 Å². The van der Waals surface area contributed by atoms with Crippen LogP contribution in [0.4, 0.5) is 0 Å². The molecule has 0 radical (unpaired) electrons. The fourth-order valence-electron chi connectivity index (χ4n) is 3.65. The maximum atomic E-state index is 13.2. The summed E-state index contributed by atoms with van der Waals surface area (Å²) in [5.41, 5.74) is 1.71. The third kappa shape index (κ3) is 3.79. The quantitative estimate of drug-likeness (QED) is 0.407. The Labute approximate surface area is 187 Å². The molecule has 11 heteroatoms. The van der Waals surface area contributed by atoms with Gasteiger partial charge >= 0.3 is 5.97 Å². The van der Waals surface area contributed by atoms with Crippen LogP contribution in [0, 0.1) is 6.92 Å². The van der Waals surface area contributed by atoms with Crippen LogP contribution in [0.25, 0.3) is 10.9 Å². The molecular formula is C21H23N5O5S. The topological polar surface area (TPSA) is 124 Å². The summed E-state index contributed by atoms with van der Waals surface area (Å²) >= 11 is 1.51. The van der Waals surface area contributed by atoms with Gasteiger partial charge in [-0.1, -0.05) is 0 Å². The Morgan fingerprint density at radius 3 is 2.84 bits per heavy atom. The van der Waals surface area contributed by atoms with Crippen LogP contribution >= 0.6 is 11.3 Å². The molecule has 1 aliphatic rings. The first kappa shape index (κ1) is 21.8. The van der Waals surface area contributed by atoms with Crippen LogP contribution in [0.3, 0.4) is 0 Å². The maximum Gasteiger partial charge on any atom is 0.341 e. The number of hydrogen-bond donors (Lipinski definition) is 2. The molecule has 0 saturated carbocycles. The molecule has 4 rings (SSSR count). The molecule has 0 aliphatic carbocycles. The van der Waals surface area contributed by atoms with Crippen LogP contribution in [-0.2, 0) is 28.0 Å². The number of fused-ring (bicyclic) bond motifs is 1. The zero-order chi connectivity index (χ0) is 22.9. The number of carbonyl (C=O) groups excluding carboxylic acids is 3. The molecule has 168 valence electrons. The van der Waals surface area contributed by atoms with Gasteiger partial charge in [-0.25, -0.2) is 9.78 Å². The number of rotatable bonds is 7. The molecule has 3 heterocycles. The second kappa shape index (κ2) is 8.58. The zero-order valence-electron chi connectivity index (χ0n) is 17.9. The summed E-state index contributed by atoms with van der Waals surface area (Å²) in [6, 6.07) is 5.25. The van der Waals surface area contributed by atoms with Crippen LogP contribution in [-0.4, -0.2) is 51.2 Å². The van der Waals surface area contributed by atoms with Gasteiger partial charge in [0.25, 0.3) is 11.8 Å². The van der Waals surface area contributed by atoms with E-state index in [1.54, 1.807) is 37.7 Å². The lowest BCUT2D eigenvalue weighted by atomic mass is 9.97. The van der Waals surface area contributed by atoms with Crippen molar-refractivity contribution in [2.45, 2.75) is 32.4 Å². The van der Waals surface area contributed by atoms with Crippen molar-refractivity contribution in [2.75, 3.05) is 13.2 Å². The average molecular weight is 458 g/mol. The molecule has 2 aromatic heterocycles. The number of esters is 1. The van der Waals surface area contributed by atoms with E-state index in [1.807, 2.05) is 6.92 Å². The predicted octanol–water partition coefficient (Wildman–Crippen LogP) is 1.47. The van der Waals surface area contributed by atoms with Crippen LogP contribution in [0.5, 0.6) is 5.75 Å². The molecule has 1 unspecified atom stereocenters. The molecule has 2 amide bonds. The molecule has 3 aromatic rings. The van der Waals surface area contributed by atoms with Gasteiger partial charge in [-0.3, -0.25) is 14.3 Å². The van der Waals surface area contributed by atoms with Crippen LogP contribution in [0.15, 0.2) is 23.7 Å². The van der Waals surface area contributed by atoms with Crippen molar-refractivity contribution in [2.24, 2.45) is 7.05 Å². The van der Waals surface area contributed by atoms with E-state index >= 15 is 0 Å². The third-order valence-corrected chi connectivity index (χ3v) is 6.27. The Morgan fingerprint density at radius 1 is 1.38 bits per heavy atom. The molecule has 10 nitrogen and oxygen atoms in total. The molecule has 1 saturated heterocycles. The summed E-state index contributed by atoms with van der Waals surface area (Å²) in [4.78, 5) is 43.5. The number of aromatic nitrogens is 3. The largest absolute Gasteiger partial charge is 0.488 e. The minimum atomic E-state index is -1.76. The molecule has 1 atom stereocenters. The zero-order valence-corrected chi connectivity index (χ0v) is 18.7. The van der Waals surface area contributed by atoms with Gasteiger partial charge in [0, 0.05) is 25.4 Å². The Hall–Kier alpha value is -3.47. The number of nitrogens with zero attached hydrogens (tertiary/aromatic N) is 3. The van der Waals surface area contributed by atoms with Crippen molar-refractivity contribution in [1.82, 2.24) is 25.4 Å². The number of amides is 2. The second-order valence-corrected chi connectivity index (χ2v) is 8.33. The lowest BCUT2D eigenvalue weighted by molar-refractivity contribution is -0.154. The molecular weight excluding hydrogens is 434 g/mol. The van der Waals surface area contributed by atoms with Gasteiger partial charge in [0.15, 0.2) is 0 Å². The van der Waals surface area contributed by atoms with E-state index in [0.717, 1.165) is 10.6 Å². The molecule has 0 spiro atoms. The van der Waals surface area contributed by atoms with Gasteiger partial charge in [0.2, 0.25) is 5.54 Å². The fraction of sp³-hybridized carbons (Fsp3) is 0.381. The second-order valence-electron chi connectivity index (χ2n) is 7.39. The van der Waals surface area contributed by atoms with Gasteiger partial charge in [-0.2, -0.15) is 5.10 Å². The van der Waals surface area contributed by atoms with Crippen molar-refractivity contribution < 1.29 is 23.9 Å². The summed E-state index contributed by atoms with van der Waals surface area (Å²) in [5.74, 6) is -1.40. The third-order valence-electron chi connectivity index (χ3n) is 5.36. The molecule has 2 N–H and O–H groups in total. The Morgan fingerprint density at radius 2 is 2.19 bits per heavy atom. The number of aryl methyl sites for hydroxylation is 2. The van der Waals surface area contributed by atoms with Gasteiger partial charge in [-0.15, -0.1) is 11.3 Å². The summed E-state index contributed by atoms with van der Waals surface area (Å²) in [6.07, 6.45) is 0.106. The first-order valence-electron chi connectivity index (χ1n) is 10.1. The summed E-state index contributed by atoms with van der Waals surface area (Å²) in [7, 11) is 1.63. The normalized spacial score (nSPS) is 17.9.